The predicted octanol–water partition coefficient (Wildman–Crippen LogP) is 0.703. The molecule has 2 heterocycles. The van der Waals surface area contributed by atoms with Gasteiger partial charge in [-0.2, -0.15) is 0 Å². The Hall–Kier alpha value is -0.980. The molecule has 0 amide bonds. The van der Waals surface area contributed by atoms with Crippen LogP contribution >= 0.6 is 0 Å². The van der Waals surface area contributed by atoms with Gasteiger partial charge in [-0.05, 0) is 5.56 Å². The molecule has 0 aromatic heterocycles. The molecular weight excluding hydrogens is 248 g/mol. The first-order valence-electron chi connectivity index (χ1n) is 6.43. The second kappa shape index (κ2) is 5.56. The molecule has 0 radical (unpaired) electrons. The van der Waals surface area contributed by atoms with Crippen LogP contribution in [0.2, 0.25) is 0 Å². The summed E-state index contributed by atoms with van der Waals surface area (Å²) in [4.78, 5) is 0. The predicted molar refractivity (Wildman–Crippen MR) is 66.4 cm³/mol. The second-order valence-electron chi connectivity index (χ2n) is 4.83. The van der Waals surface area contributed by atoms with Gasteiger partial charge >= 0.3 is 0 Å². The quantitative estimate of drug-likeness (QED) is 0.869. The number of ether oxygens (including phenoxy) is 4. The average molecular weight is 266 g/mol. The summed E-state index contributed by atoms with van der Waals surface area (Å²) in [6.07, 6.45) is -2.33. The molecule has 5 atom stereocenters. The first kappa shape index (κ1) is 13.0. The van der Waals surface area contributed by atoms with E-state index >= 15 is 0 Å². The van der Waals surface area contributed by atoms with Crippen LogP contribution in [0.15, 0.2) is 30.3 Å². The van der Waals surface area contributed by atoms with E-state index in [1.165, 1.54) is 0 Å². The Bertz CT molecular complexity index is 410. The standard InChI is InChI=1S/C14H18O5/c1-16-13-11(15)14-18-8-10(19-14)12(13)17-7-9-5-3-2-4-6-9/h2-6,10-15H,7-8H2,1H3/t10-,11-,12-,13-,14-/m1/s1. The highest BCUT2D eigenvalue weighted by Gasteiger charge is 2.51. The third-order valence-corrected chi connectivity index (χ3v) is 3.60. The first-order valence-corrected chi connectivity index (χ1v) is 6.43. The normalized spacial score (nSPS) is 37.5. The Morgan fingerprint density at radius 3 is 2.79 bits per heavy atom. The molecule has 0 saturated carbocycles. The third kappa shape index (κ3) is 2.52. The van der Waals surface area contributed by atoms with Gasteiger partial charge in [-0.1, -0.05) is 30.3 Å². The molecule has 1 aromatic carbocycles. The maximum atomic E-state index is 10.1. The van der Waals surface area contributed by atoms with Crippen LogP contribution in [0.5, 0.6) is 0 Å². The molecule has 19 heavy (non-hydrogen) atoms. The van der Waals surface area contributed by atoms with Crippen LogP contribution in [0.3, 0.4) is 0 Å². The van der Waals surface area contributed by atoms with Gasteiger partial charge in [0.1, 0.15) is 24.4 Å². The van der Waals surface area contributed by atoms with E-state index in [4.69, 9.17) is 18.9 Å². The van der Waals surface area contributed by atoms with Crippen molar-refractivity contribution < 1.29 is 24.1 Å². The van der Waals surface area contributed by atoms with E-state index in [0.29, 0.717) is 13.2 Å². The minimum atomic E-state index is -0.815. The minimum absolute atomic E-state index is 0.179. The van der Waals surface area contributed by atoms with Crippen LogP contribution < -0.4 is 0 Å². The van der Waals surface area contributed by atoms with Crippen molar-refractivity contribution in [2.24, 2.45) is 0 Å². The number of hydrogen-bond donors (Lipinski definition) is 1. The molecule has 104 valence electrons. The Kier molecular flexibility index (Phi) is 3.81. The highest BCUT2D eigenvalue weighted by atomic mass is 16.7. The summed E-state index contributed by atoms with van der Waals surface area (Å²) in [5, 5.41) is 10.1. The largest absolute Gasteiger partial charge is 0.385 e. The van der Waals surface area contributed by atoms with E-state index in [0.717, 1.165) is 5.56 Å². The Labute approximate surface area is 112 Å². The van der Waals surface area contributed by atoms with Crippen molar-refractivity contribution in [3.8, 4) is 0 Å². The van der Waals surface area contributed by atoms with Gasteiger partial charge in [0, 0.05) is 7.11 Å². The molecule has 0 aliphatic carbocycles. The lowest BCUT2D eigenvalue weighted by Gasteiger charge is -2.37. The zero-order valence-electron chi connectivity index (χ0n) is 10.8. The van der Waals surface area contributed by atoms with E-state index in [2.05, 4.69) is 0 Å². The molecule has 2 aliphatic heterocycles. The first-order chi connectivity index (χ1) is 9.29. The molecule has 2 aliphatic rings. The minimum Gasteiger partial charge on any atom is -0.385 e. The van der Waals surface area contributed by atoms with Crippen molar-refractivity contribution in [3.05, 3.63) is 35.9 Å². The van der Waals surface area contributed by atoms with Crippen molar-refractivity contribution in [3.63, 3.8) is 0 Å². The van der Waals surface area contributed by atoms with Gasteiger partial charge < -0.3 is 24.1 Å². The summed E-state index contributed by atoms with van der Waals surface area (Å²) >= 11 is 0. The molecule has 2 bridgehead atoms. The van der Waals surface area contributed by atoms with Crippen LogP contribution in [0.1, 0.15) is 5.56 Å². The van der Waals surface area contributed by atoms with Crippen LogP contribution in [0.25, 0.3) is 0 Å². The molecule has 1 N–H and O–H groups in total. The molecule has 2 saturated heterocycles. The van der Waals surface area contributed by atoms with Gasteiger partial charge in [0.25, 0.3) is 0 Å². The zero-order chi connectivity index (χ0) is 13.2. The molecule has 5 nitrogen and oxygen atoms in total. The summed E-state index contributed by atoms with van der Waals surface area (Å²) in [6, 6.07) is 9.89. The molecule has 5 heteroatoms. The fourth-order valence-corrected chi connectivity index (χ4v) is 2.60. The van der Waals surface area contributed by atoms with E-state index in [1.807, 2.05) is 30.3 Å². The smallest absolute Gasteiger partial charge is 0.186 e. The molecule has 0 spiro atoms. The lowest BCUT2D eigenvalue weighted by atomic mass is 10.0. The Morgan fingerprint density at radius 1 is 1.26 bits per heavy atom. The van der Waals surface area contributed by atoms with E-state index in [-0.39, 0.29) is 12.2 Å². The molecule has 2 fully saturated rings. The van der Waals surface area contributed by atoms with Gasteiger partial charge in [0.15, 0.2) is 6.29 Å². The number of aliphatic hydroxyl groups excluding tert-OH is 1. The van der Waals surface area contributed by atoms with Crippen LogP contribution in [-0.4, -0.2) is 49.5 Å². The van der Waals surface area contributed by atoms with Gasteiger partial charge in [-0.25, -0.2) is 0 Å². The van der Waals surface area contributed by atoms with Crippen LogP contribution in [-0.2, 0) is 25.6 Å². The lowest BCUT2D eigenvalue weighted by molar-refractivity contribution is -0.246. The fraction of sp³-hybridized carbons (Fsp3) is 0.571. The SMILES string of the molecule is CO[C@@H]1[C@@H](O)[C@@H]2OC[C@@H](O2)[C@H]1OCc1ccccc1. The molecule has 0 unspecified atom stereocenters. The van der Waals surface area contributed by atoms with Crippen molar-refractivity contribution in [2.45, 2.75) is 37.3 Å². The Balaban J connectivity index is 1.68. The number of benzene rings is 1. The maximum absolute atomic E-state index is 10.1. The van der Waals surface area contributed by atoms with Crippen molar-refractivity contribution in [1.29, 1.82) is 0 Å². The molecule has 3 rings (SSSR count). The zero-order valence-corrected chi connectivity index (χ0v) is 10.8. The van der Waals surface area contributed by atoms with E-state index in [9.17, 15) is 5.11 Å². The summed E-state index contributed by atoms with van der Waals surface area (Å²) in [6.45, 7) is 0.893. The number of methoxy groups -OCH3 is 1. The number of rotatable bonds is 4. The van der Waals surface area contributed by atoms with E-state index < -0.39 is 18.5 Å². The molecule has 1 aromatic rings. The molecular formula is C14H18O5. The third-order valence-electron chi connectivity index (χ3n) is 3.60. The highest BCUT2D eigenvalue weighted by Crippen LogP contribution is 2.31. The highest BCUT2D eigenvalue weighted by molar-refractivity contribution is 5.13. The van der Waals surface area contributed by atoms with Crippen molar-refractivity contribution in [1.82, 2.24) is 0 Å². The summed E-state index contributed by atoms with van der Waals surface area (Å²) in [5.41, 5.74) is 1.08. The van der Waals surface area contributed by atoms with Gasteiger partial charge in [-0.3, -0.25) is 0 Å². The van der Waals surface area contributed by atoms with Crippen LogP contribution in [0, 0.1) is 0 Å². The average Bonchev–Trinajstić information content (AvgIpc) is 2.89. The van der Waals surface area contributed by atoms with Gasteiger partial charge in [-0.15, -0.1) is 0 Å². The lowest BCUT2D eigenvalue weighted by Crippen LogP contribution is -2.55. The summed E-state index contributed by atoms with van der Waals surface area (Å²) < 4.78 is 22.2. The topological polar surface area (TPSA) is 57.2 Å². The van der Waals surface area contributed by atoms with Gasteiger partial charge in [0.05, 0.1) is 13.2 Å². The Morgan fingerprint density at radius 2 is 2.05 bits per heavy atom. The maximum Gasteiger partial charge on any atom is 0.186 e. The number of aliphatic hydroxyl groups is 1. The van der Waals surface area contributed by atoms with Crippen molar-refractivity contribution >= 4 is 0 Å². The summed E-state index contributed by atoms with van der Waals surface area (Å²) in [7, 11) is 1.57. The summed E-state index contributed by atoms with van der Waals surface area (Å²) in [5.74, 6) is 0. The number of hydrogen-bond acceptors (Lipinski definition) is 5. The second-order valence-corrected chi connectivity index (χ2v) is 4.83. The van der Waals surface area contributed by atoms with Crippen LogP contribution in [0.4, 0.5) is 0 Å². The van der Waals surface area contributed by atoms with Crippen molar-refractivity contribution in [2.75, 3.05) is 13.7 Å². The fourth-order valence-electron chi connectivity index (χ4n) is 2.60. The van der Waals surface area contributed by atoms with E-state index in [1.54, 1.807) is 7.11 Å². The van der Waals surface area contributed by atoms with Gasteiger partial charge in [0.2, 0.25) is 0 Å². The monoisotopic (exact) mass is 266 g/mol. The number of fused-ring (bicyclic) bond motifs is 2.